The van der Waals surface area contributed by atoms with Gasteiger partial charge in [0, 0.05) is 7.11 Å². The van der Waals surface area contributed by atoms with Gasteiger partial charge in [-0.3, -0.25) is 4.79 Å². The summed E-state index contributed by atoms with van der Waals surface area (Å²) in [6.45, 7) is 0.622. The van der Waals surface area contributed by atoms with Crippen LogP contribution in [0.1, 0.15) is 37.9 Å². The molecule has 100 valence electrons. The zero-order chi connectivity index (χ0) is 13.0. The lowest BCUT2D eigenvalue weighted by Gasteiger charge is -2.32. The Hall–Kier alpha value is -1.50. The van der Waals surface area contributed by atoms with Gasteiger partial charge >= 0.3 is 5.97 Å². The smallest absolute Gasteiger partial charge is 0.311 e. The van der Waals surface area contributed by atoms with E-state index in [-0.39, 0.29) is 0 Å². The Morgan fingerprint density at radius 3 is 2.78 bits per heavy atom. The molecule has 0 aromatic carbocycles. The minimum Gasteiger partial charge on any atom is -0.481 e. The van der Waals surface area contributed by atoms with Gasteiger partial charge in [0.1, 0.15) is 6.61 Å². The summed E-state index contributed by atoms with van der Waals surface area (Å²) in [7, 11) is 1.56. The highest BCUT2D eigenvalue weighted by Gasteiger charge is 2.40. The molecule has 0 radical (unpaired) electrons. The average Bonchev–Trinajstić information content (AvgIpc) is 2.78. The van der Waals surface area contributed by atoms with Crippen molar-refractivity contribution >= 4 is 5.97 Å². The van der Waals surface area contributed by atoms with Gasteiger partial charge in [0.25, 0.3) is 0 Å². The standard InChI is InChI=1S/C11H18N4O3/c1-18-7-9-12-13-14-15(9)8-11(10(16)17)5-3-2-4-6-11/h2-8H2,1H3,(H,16,17). The first-order valence-corrected chi connectivity index (χ1v) is 6.15. The molecule has 1 N–H and O–H groups in total. The van der Waals surface area contributed by atoms with Crippen molar-refractivity contribution in [3.05, 3.63) is 5.82 Å². The van der Waals surface area contributed by atoms with E-state index < -0.39 is 11.4 Å². The molecule has 1 fully saturated rings. The maximum absolute atomic E-state index is 11.6. The van der Waals surface area contributed by atoms with Gasteiger partial charge in [0.05, 0.1) is 12.0 Å². The number of hydrogen-bond acceptors (Lipinski definition) is 5. The normalized spacial score (nSPS) is 18.7. The fraction of sp³-hybridized carbons (Fsp3) is 0.818. The van der Waals surface area contributed by atoms with Gasteiger partial charge < -0.3 is 9.84 Å². The van der Waals surface area contributed by atoms with E-state index in [1.54, 1.807) is 11.8 Å². The fourth-order valence-corrected chi connectivity index (χ4v) is 2.53. The second kappa shape index (κ2) is 5.43. The van der Waals surface area contributed by atoms with E-state index in [4.69, 9.17) is 4.74 Å². The van der Waals surface area contributed by atoms with Gasteiger partial charge in [0.2, 0.25) is 0 Å². The van der Waals surface area contributed by atoms with Crippen LogP contribution in [0.5, 0.6) is 0 Å². The lowest BCUT2D eigenvalue weighted by atomic mass is 9.74. The Bertz CT molecular complexity index is 412. The molecule has 0 aliphatic heterocycles. The molecule has 1 heterocycles. The third-order valence-corrected chi connectivity index (χ3v) is 3.60. The van der Waals surface area contributed by atoms with Crippen LogP contribution in [-0.2, 0) is 22.7 Å². The summed E-state index contributed by atoms with van der Waals surface area (Å²) in [5.74, 6) is -0.176. The maximum atomic E-state index is 11.6. The summed E-state index contributed by atoms with van der Waals surface area (Å²) in [5, 5.41) is 20.8. The van der Waals surface area contributed by atoms with Crippen LogP contribution in [0.2, 0.25) is 0 Å². The molecule has 0 saturated heterocycles. The second-order valence-corrected chi connectivity index (χ2v) is 4.83. The zero-order valence-electron chi connectivity index (χ0n) is 10.5. The van der Waals surface area contributed by atoms with Crippen LogP contribution in [0, 0.1) is 5.41 Å². The Labute approximate surface area is 105 Å². The molecule has 7 heteroatoms. The molecule has 0 atom stereocenters. The van der Waals surface area contributed by atoms with Gasteiger partial charge in [-0.1, -0.05) is 19.3 Å². The maximum Gasteiger partial charge on any atom is 0.311 e. The number of aliphatic carboxylic acids is 1. The molecule has 2 rings (SSSR count). The van der Waals surface area contributed by atoms with E-state index in [1.807, 2.05) is 0 Å². The van der Waals surface area contributed by atoms with Crippen molar-refractivity contribution in [1.82, 2.24) is 20.2 Å². The molecule has 1 saturated carbocycles. The average molecular weight is 254 g/mol. The van der Waals surface area contributed by atoms with Crippen molar-refractivity contribution in [1.29, 1.82) is 0 Å². The number of methoxy groups -OCH3 is 1. The number of hydrogen-bond donors (Lipinski definition) is 1. The Morgan fingerprint density at radius 1 is 1.44 bits per heavy atom. The van der Waals surface area contributed by atoms with Crippen molar-refractivity contribution in [2.75, 3.05) is 7.11 Å². The largest absolute Gasteiger partial charge is 0.481 e. The molecule has 1 aliphatic carbocycles. The molecule has 0 bridgehead atoms. The Kier molecular flexibility index (Phi) is 3.90. The number of ether oxygens (including phenoxy) is 1. The number of aromatic nitrogens is 4. The van der Waals surface area contributed by atoms with E-state index in [2.05, 4.69) is 15.5 Å². The predicted molar refractivity (Wildman–Crippen MR) is 61.7 cm³/mol. The topological polar surface area (TPSA) is 90.1 Å². The van der Waals surface area contributed by atoms with E-state index in [9.17, 15) is 9.90 Å². The van der Waals surface area contributed by atoms with E-state index >= 15 is 0 Å². The molecule has 1 aliphatic rings. The van der Waals surface area contributed by atoms with Crippen LogP contribution in [0.25, 0.3) is 0 Å². The van der Waals surface area contributed by atoms with Gasteiger partial charge in [-0.2, -0.15) is 0 Å². The summed E-state index contributed by atoms with van der Waals surface area (Å²) in [6.07, 6.45) is 4.39. The molecule has 0 amide bonds. The van der Waals surface area contributed by atoms with Crippen molar-refractivity contribution in [3.8, 4) is 0 Å². The summed E-state index contributed by atoms with van der Waals surface area (Å²) in [5.41, 5.74) is -0.726. The van der Waals surface area contributed by atoms with Crippen molar-refractivity contribution in [2.45, 2.75) is 45.3 Å². The quantitative estimate of drug-likeness (QED) is 0.838. The predicted octanol–water partition coefficient (Wildman–Crippen LogP) is 0.855. The molecule has 0 spiro atoms. The highest BCUT2D eigenvalue weighted by molar-refractivity contribution is 5.74. The third-order valence-electron chi connectivity index (χ3n) is 3.60. The first kappa shape index (κ1) is 12.9. The number of carboxylic acids is 1. The van der Waals surface area contributed by atoms with Crippen LogP contribution in [-0.4, -0.2) is 38.4 Å². The highest BCUT2D eigenvalue weighted by Crippen LogP contribution is 2.38. The lowest BCUT2D eigenvalue weighted by Crippen LogP contribution is -2.38. The van der Waals surface area contributed by atoms with Crippen LogP contribution >= 0.6 is 0 Å². The monoisotopic (exact) mass is 254 g/mol. The van der Waals surface area contributed by atoms with Gasteiger partial charge in [0.15, 0.2) is 5.82 Å². The Balaban J connectivity index is 2.18. The molecule has 1 aromatic rings. The molecule has 7 nitrogen and oxygen atoms in total. The number of nitrogens with zero attached hydrogens (tertiary/aromatic N) is 4. The summed E-state index contributed by atoms with van der Waals surface area (Å²) in [6, 6.07) is 0. The number of carboxylic acid groups (broad SMARTS) is 1. The summed E-state index contributed by atoms with van der Waals surface area (Å²) >= 11 is 0. The summed E-state index contributed by atoms with van der Waals surface area (Å²) < 4.78 is 6.56. The SMILES string of the molecule is COCc1nnnn1CC1(C(=O)O)CCCCC1. The molecular formula is C11H18N4O3. The van der Waals surface area contributed by atoms with Gasteiger partial charge in [-0.15, -0.1) is 5.10 Å². The van der Waals surface area contributed by atoms with Gasteiger partial charge in [-0.25, -0.2) is 4.68 Å². The Morgan fingerprint density at radius 2 is 2.17 bits per heavy atom. The number of rotatable bonds is 5. The fourth-order valence-electron chi connectivity index (χ4n) is 2.53. The first-order chi connectivity index (χ1) is 8.68. The summed E-state index contributed by atoms with van der Waals surface area (Å²) in [4.78, 5) is 11.6. The second-order valence-electron chi connectivity index (χ2n) is 4.83. The van der Waals surface area contributed by atoms with E-state index in [1.165, 1.54) is 0 Å². The molecule has 18 heavy (non-hydrogen) atoms. The van der Waals surface area contributed by atoms with Crippen LogP contribution in [0.4, 0.5) is 0 Å². The van der Waals surface area contributed by atoms with Crippen molar-refractivity contribution in [3.63, 3.8) is 0 Å². The number of tetrazole rings is 1. The first-order valence-electron chi connectivity index (χ1n) is 6.15. The third kappa shape index (κ3) is 2.50. The van der Waals surface area contributed by atoms with E-state index in [0.29, 0.717) is 31.8 Å². The van der Waals surface area contributed by atoms with Crippen LogP contribution in [0.15, 0.2) is 0 Å². The lowest BCUT2D eigenvalue weighted by molar-refractivity contribution is -0.152. The molecular weight excluding hydrogens is 236 g/mol. The van der Waals surface area contributed by atoms with E-state index in [0.717, 1.165) is 19.3 Å². The minimum absolute atomic E-state index is 0.294. The molecule has 0 unspecified atom stereocenters. The van der Waals surface area contributed by atoms with Crippen LogP contribution in [0.3, 0.4) is 0 Å². The zero-order valence-corrected chi connectivity index (χ0v) is 10.5. The van der Waals surface area contributed by atoms with Crippen LogP contribution < -0.4 is 0 Å². The highest BCUT2D eigenvalue weighted by atomic mass is 16.5. The minimum atomic E-state index is -0.749. The molecule has 1 aromatic heterocycles. The van der Waals surface area contributed by atoms with Crippen molar-refractivity contribution < 1.29 is 14.6 Å². The number of carbonyl (C=O) groups is 1. The van der Waals surface area contributed by atoms with Gasteiger partial charge in [-0.05, 0) is 23.3 Å². The van der Waals surface area contributed by atoms with Crippen molar-refractivity contribution in [2.24, 2.45) is 5.41 Å².